The Bertz CT molecular complexity index is 653. The van der Waals surface area contributed by atoms with Crippen LogP contribution in [0.5, 0.6) is 5.75 Å². The van der Waals surface area contributed by atoms with Gasteiger partial charge in [0.15, 0.2) is 5.82 Å². The normalized spacial score (nSPS) is 18.7. The quantitative estimate of drug-likeness (QED) is 0.882. The van der Waals surface area contributed by atoms with Gasteiger partial charge in [-0.05, 0) is 31.9 Å². The number of aromatic hydroxyl groups is 1. The number of nitrogens with zero attached hydrogens (tertiary/aromatic N) is 3. The van der Waals surface area contributed by atoms with Gasteiger partial charge >= 0.3 is 0 Å². The Hall–Kier alpha value is -2.37. The van der Waals surface area contributed by atoms with Gasteiger partial charge in [0.2, 0.25) is 0 Å². The summed E-state index contributed by atoms with van der Waals surface area (Å²) in [5.74, 6) is 1.60. The molecule has 1 aromatic carbocycles. The minimum atomic E-state index is -0.134. The van der Waals surface area contributed by atoms with E-state index in [0.717, 1.165) is 24.5 Å². The Labute approximate surface area is 122 Å². The number of para-hydroxylation sites is 1. The minimum absolute atomic E-state index is 0.0263. The van der Waals surface area contributed by atoms with E-state index in [1.54, 1.807) is 23.1 Å². The number of phenolic OH excluding ortho intramolecular Hbond substituents is 1. The summed E-state index contributed by atoms with van der Waals surface area (Å²) in [6.45, 7) is 3.15. The largest absolute Gasteiger partial charge is 0.507 e. The molecule has 1 aliphatic heterocycles. The number of rotatable bonds is 2. The van der Waals surface area contributed by atoms with Gasteiger partial charge in [0.05, 0.1) is 5.56 Å². The van der Waals surface area contributed by atoms with Crippen LogP contribution in [-0.2, 0) is 0 Å². The number of aromatic nitrogens is 3. The number of H-pyrrole nitrogens is 1. The summed E-state index contributed by atoms with van der Waals surface area (Å²) in [5.41, 5.74) is 0.351. The van der Waals surface area contributed by atoms with Gasteiger partial charge < -0.3 is 10.0 Å². The van der Waals surface area contributed by atoms with Crippen LogP contribution in [0, 0.1) is 6.92 Å². The molecule has 1 fully saturated rings. The van der Waals surface area contributed by atoms with Crippen LogP contribution >= 0.6 is 0 Å². The summed E-state index contributed by atoms with van der Waals surface area (Å²) in [7, 11) is 0. The second-order valence-electron chi connectivity index (χ2n) is 5.39. The molecule has 0 bridgehead atoms. The van der Waals surface area contributed by atoms with Gasteiger partial charge in [0.1, 0.15) is 11.6 Å². The highest BCUT2D eigenvalue weighted by Crippen LogP contribution is 2.27. The SMILES string of the molecule is Cc1nc(C2CCCN(C(=O)c3ccccc3O)C2)n[nH]1. The lowest BCUT2D eigenvalue weighted by Gasteiger charge is -2.31. The van der Waals surface area contributed by atoms with Crippen LogP contribution in [-0.4, -0.2) is 44.2 Å². The highest BCUT2D eigenvalue weighted by atomic mass is 16.3. The highest BCUT2D eigenvalue weighted by Gasteiger charge is 2.28. The van der Waals surface area contributed by atoms with E-state index in [9.17, 15) is 9.90 Å². The lowest BCUT2D eigenvalue weighted by molar-refractivity contribution is 0.0701. The topological polar surface area (TPSA) is 82.1 Å². The number of piperidine rings is 1. The van der Waals surface area contributed by atoms with E-state index in [1.807, 2.05) is 6.92 Å². The average molecular weight is 286 g/mol. The summed E-state index contributed by atoms with van der Waals surface area (Å²) >= 11 is 0. The van der Waals surface area contributed by atoms with E-state index in [4.69, 9.17) is 0 Å². The molecule has 0 aliphatic carbocycles. The van der Waals surface area contributed by atoms with Crippen LogP contribution in [0.25, 0.3) is 0 Å². The van der Waals surface area contributed by atoms with Crippen LogP contribution < -0.4 is 0 Å². The van der Waals surface area contributed by atoms with E-state index in [1.165, 1.54) is 6.07 Å². The fraction of sp³-hybridized carbons (Fsp3) is 0.400. The van der Waals surface area contributed by atoms with Crippen LogP contribution in [0.3, 0.4) is 0 Å². The molecule has 2 N–H and O–H groups in total. The number of hydrogen-bond donors (Lipinski definition) is 2. The van der Waals surface area contributed by atoms with Crippen molar-refractivity contribution in [3.05, 3.63) is 41.5 Å². The van der Waals surface area contributed by atoms with E-state index in [0.29, 0.717) is 18.7 Å². The maximum atomic E-state index is 12.5. The average Bonchev–Trinajstić information content (AvgIpc) is 2.94. The lowest BCUT2D eigenvalue weighted by Crippen LogP contribution is -2.39. The Balaban J connectivity index is 1.77. The molecule has 1 atom stereocenters. The summed E-state index contributed by atoms with van der Waals surface area (Å²) < 4.78 is 0. The maximum absolute atomic E-state index is 12.5. The lowest BCUT2D eigenvalue weighted by atomic mass is 9.96. The molecular weight excluding hydrogens is 268 g/mol. The summed E-state index contributed by atoms with van der Waals surface area (Å²) in [6.07, 6.45) is 1.89. The third-order valence-corrected chi connectivity index (χ3v) is 3.82. The van der Waals surface area contributed by atoms with Crippen LogP contribution in [0.15, 0.2) is 24.3 Å². The van der Waals surface area contributed by atoms with Crippen LogP contribution in [0.4, 0.5) is 0 Å². The first-order valence-electron chi connectivity index (χ1n) is 7.11. The van der Waals surface area contributed by atoms with Gasteiger partial charge in [-0.3, -0.25) is 9.89 Å². The number of carbonyl (C=O) groups excluding carboxylic acids is 1. The smallest absolute Gasteiger partial charge is 0.257 e. The molecule has 2 aromatic rings. The predicted octanol–water partition coefficient (Wildman–Crippen LogP) is 1.84. The fourth-order valence-corrected chi connectivity index (χ4v) is 2.74. The van der Waals surface area contributed by atoms with E-state index < -0.39 is 0 Å². The van der Waals surface area contributed by atoms with Gasteiger partial charge in [-0.1, -0.05) is 12.1 Å². The molecule has 6 nitrogen and oxygen atoms in total. The summed E-state index contributed by atoms with van der Waals surface area (Å²) in [5, 5.41) is 16.9. The van der Waals surface area contributed by atoms with Gasteiger partial charge in [0, 0.05) is 19.0 Å². The van der Waals surface area contributed by atoms with Crippen molar-refractivity contribution in [2.24, 2.45) is 0 Å². The number of benzene rings is 1. The van der Waals surface area contributed by atoms with Gasteiger partial charge in [-0.25, -0.2) is 4.98 Å². The molecule has 1 unspecified atom stereocenters. The van der Waals surface area contributed by atoms with Gasteiger partial charge in [-0.15, -0.1) is 0 Å². The van der Waals surface area contributed by atoms with Crippen molar-refractivity contribution in [2.75, 3.05) is 13.1 Å². The third-order valence-electron chi connectivity index (χ3n) is 3.82. The fourth-order valence-electron chi connectivity index (χ4n) is 2.74. The number of carbonyl (C=O) groups is 1. The molecule has 1 aromatic heterocycles. The third kappa shape index (κ3) is 2.74. The van der Waals surface area contributed by atoms with E-state index in [-0.39, 0.29) is 17.6 Å². The van der Waals surface area contributed by atoms with Gasteiger partial charge in [0.25, 0.3) is 5.91 Å². The number of nitrogens with one attached hydrogen (secondary N) is 1. The Morgan fingerprint density at radius 2 is 2.24 bits per heavy atom. The number of amides is 1. The highest BCUT2D eigenvalue weighted by molar-refractivity contribution is 5.96. The van der Waals surface area contributed by atoms with E-state index in [2.05, 4.69) is 15.2 Å². The maximum Gasteiger partial charge on any atom is 0.257 e. The van der Waals surface area contributed by atoms with Gasteiger partial charge in [-0.2, -0.15) is 5.10 Å². The molecule has 1 aliphatic rings. The minimum Gasteiger partial charge on any atom is -0.507 e. The number of phenols is 1. The molecule has 1 amide bonds. The zero-order valence-corrected chi connectivity index (χ0v) is 11.9. The Kier molecular flexibility index (Phi) is 3.60. The predicted molar refractivity (Wildman–Crippen MR) is 77.1 cm³/mol. The first kappa shape index (κ1) is 13.6. The molecule has 0 spiro atoms. The zero-order chi connectivity index (χ0) is 14.8. The zero-order valence-electron chi connectivity index (χ0n) is 11.9. The van der Waals surface area contributed by atoms with Crippen LogP contribution in [0.1, 0.15) is 40.8 Å². The number of hydrogen-bond acceptors (Lipinski definition) is 4. The molecule has 1 saturated heterocycles. The van der Waals surface area contributed by atoms with Crippen molar-refractivity contribution in [1.29, 1.82) is 0 Å². The molecule has 0 saturated carbocycles. The van der Waals surface area contributed by atoms with Crippen molar-refractivity contribution in [3.8, 4) is 5.75 Å². The number of likely N-dealkylation sites (tertiary alicyclic amines) is 1. The summed E-state index contributed by atoms with van der Waals surface area (Å²) in [6, 6.07) is 6.65. The van der Waals surface area contributed by atoms with Crippen LogP contribution in [0.2, 0.25) is 0 Å². The first-order valence-corrected chi connectivity index (χ1v) is 7.11. The number of aryl methyl sites for hydroxylation is 1. The second-order valence-corrected chi connectivity index (χ2v) is 5.39. The molecular formula is C15H18N4O2. The molecule has 3 rings (SSSR count). The summed E-state index contributed by atoms with van der Waals surface area (Å²) in [4.78, 5) is 18.7. The second kappa shape index (κ2) is 5.55. The van der Waals surface area contributed by atoms with E-state index >= 15 is 0 Å². The Morgan fingerprint density at radius 1 is 1.43 bits per heavy atom. The first-order chi connectivity index (χ1) is 10.1. The monoisotopic (exact) mass is 286 g/mol. The van der Waals surface area contributed by atoms with Crippen molar-refractivity contribution in [3.63, 3.8) is 0 Å². The molecule has 0 radical (unpaired) electrons. The number of aromatic amines is 1. The van der Waals surface area contributed by atoms with Crippen molar-refractivity contribution in [2.45, 2.75) is 25.7 Å². The molecule has 6 heteroatoms. The molecule has 2 heterocycles. The standard InChI is InChI=1S/C15H18N4O2/c1-10-16-14(18-17-10)11-5-4-8-19(9-11)15(21)12-6-2-3-7-13(12)20/h2-3,6-7,11,20H,4-5,8-9H2,1H3,(H,16,17,18). The van der Waals surface area contributed by atoms with Crippen molar-refractivity contribution < 1.29 is 9.90 Å². The molecule has 110 valence electrons. The van der Waals surface area contributed by atoms with Crippen molar-refractivity contribution >= 4 is 5.91 Å². The molecule has 21 heavy (non-hydrogen) atoms. The Morgan fingerprint density at radius 3 is 2.95 bits per heavy atom. The van der Waals surface area contributed by atoms with Crippen molar-refractivity contribution in [1.82, 2.24) is 20.1 Å².